The largest absolute Gasteiger partial charge is 0.491 e. The van der Waals surface area contributed by atoms with Gasteiger partial charge in [0.1, 0.15) is 0 Å². The Morgan fingerprint density at radius 3 is 2.50 bits per heavy atom. The summed E-state index contributed by atoms with van der Waals surface area (Å²) in [7, 11) is 1.17. The van der Waals surface area contributed by atoms with E-state index < -0.39 is 23.4 Å². The first-order chi connectivity index (χ1) is 9.58. The zero-order chi connectivity index (χ0) is 15.0. The van der Waals surface area contributed by atoms with Crippen molar-refractivity contribution in [3.63, 3.8) is 0 Å². The molecular formula is C13H18F2N2O3. The van der Waals surface area contributed by atoms with Gasteiger partial charge in [-0.1, -0.05) is 0 Å². The molecule has 0 atom stereocenters. The highest BCUT2D eigenvalue weighted by Gasteiger charge is 2.12. The van der Waals surface area contributed by atoms with E-state index in [9.17, 15) is 13.6 Å². The van der Waals surface area contributed by atoms with Gasteiger partial charge in [-0.2, -0.15) is 0 Å². The maximum absolute atomic E-state index is 13.4. The molecule has 0 spiro atoms. The predicted molar refractivity (Wildman–Crippen MR) is 71.0 cm³/mol. The minimum atomic E-state index is -0.876. The maximum atomic E-state index is 13.4. The number of benzene rings is 1. The number of hydrogen-bond acceptors (Lipinski definition) is 3. The lowest BCUT2D eigenvalue weighted by molar-refractivity contribution is 0.145. The summed E-state index contributed by atoms with van der Waals surface area (Å²) in [5.74, 6) is -2.23. The van der Waals surface area contributed by atoms with Crippen LogP contribution in [0.4, 0.5) is 19.3 Å². The van der Waals surface area contributed by atoms with Crippen molar-refractivity contribution in [2.24, 2.45) is 0 Å². The van der Waals surface area contributed by atoms with E-state index in [4.69, 9.17) is 4.74 Å². The molecule has 0 heterocycles. The fraction of sp³-hybridized carbons (Fsp3) is 0.462. The Morgan fingerprint density at radius 1 is 1.30 bits per heavy atom. The Hall–Kier alpha value is -1.89. The maximum Gasteiger partial charge on any atom is 0.319 e. The van der Waals surface area contributed by atoms with E-state index in [1.165, 1.54) is 7.11 Å². The number of halogens is 2. The third-order valence-corrected chi connectivity index (χ3v) is 2.42. The van der Waals surface area contributed by atoms with Crippen LogP contribution in [-0.4, -0.2) is 32.9 Å². The first kappa shape index (κ1) is 16.2. The first-order valence-corrected chi connectivity index (χ1v) is 6.24. The molecule has 7 heteroatoms. The Kier molecular flexibility index (Phi) is 6.72. The number of ether oxygens (including phenoxy) is 2. The van der Waals surface area contributed by atoms with Gasteiger partial charge < -0.3 is 20.1 Å². The van der Waals surface area contributed by atoms with Crippen LogP contribution in [-0.2, 0) is 4.74 Å². The van der Waals surface area contributed by atoms with Crippen molar-refractivity contribution in [1.82, 2.24) is 5.32 Å². The van der Waals surface area contributed by atoms with E-state index in [-0.39, 0.29) is 5.69 Å². The summed E-state index contributed by atoms with van der Waals surface area (Å²) in [5.41, 5.74) is 0.0168. The molecule has 0 aliphatic heterocycles. The van der Waals surface area contributed by atoms with Crippen molar-refractivity contribution < 1.29 is 23.0 Å². The van der Waals surface area contributed by atoms with Crippen LogP contribution in [0, 0.1) is 11.6 Å². The van der Waals surface area contributed by atoms with E-state index in [1.807, 2.05) is 6.92 Å². The normalized spacial score (nSPS) is 10.2. The van der Waals surface area contributed by atoms with Crippen LogP contribution in [0.15, 0.2) is 12.1 Å². The number of nitrogens with one attached hydrogen (secondary N) is 2. The van der Waals surface area contributed by atoms with Gasteiger partial charge in [0.15, 0.2) is 17.4 Å². The summed E-state index contributed by atoms with van der Waals surface area (Å²) < 4.78 is 36.5. The van der Waals surface area contributed by atoms with E-state index in [0.29, 0.717) is 26.2 Å². The van der Waals surface area contributed by atoms with Crippen molar-refractivity contribution in [1.29, 1.82) is 0 Å². The topological polar surface area (TPSA) is 59.6 Å². The van der Waals surface area contributed by atoms with Crippen LogP contribution < -0.4 is 15.4 Å². The Morgan fingerprint density at radius 2 is 1.95 bits per heavy atom. The van der Waals surface area contributed by atoms with Crippen LogP contribution in [0.1, 0.15) is 13.3 Å². The Labute approximate surface area is 116 Å². The van der Waals surface area contributed by atoms with E-state index in [1.54, 1.807) is 0 Å². The molecule has 1 aromatic carbocycles. The lowest BCUT2D eigenvalue weighted by Gasteiger charge is -2.09. The summed E-state index contributed by atoms with van der Waals surface area (Å²) in [6.07, 6.45) is 0.659. The molecule has 0 aliphatic rings. The third kappa shape index (κ3) is 5.00. The lowest BCUT2D eigenvalue weighted by Crippen LogP contribution is -2.30. The highest BCUT2D eigenvalue weighted by molar-refractivity contribution is 5.89. The first-order valence-electron chi connectivity index (χ1n) is 6.24. The highest BCUT2D eigenvalue weighted by Crippen LogP contribution is 2.25. The van der Waals surface area contributed by atoms with E-state index in [0.717, 1.165) is 12.1 Å². The molecule has 1 rings (SSSR count). The minimum absolute atomic E-state index is 0.0168. The Bertz CT molecular complexity index is 432. The summed E-state index contributed by atoms with van der Waals surface area (Å²) in [6, 6.07) is 1.44. The van der Waals surface area contributed by atoms with E-state index in [2.05, 4.69) is 15.4 Å². The van der Waals surface area contributed by atoms with Gasteiger partial charge in [-0.25, -0.2) is 13.6 Å². The number of carbonyl (C=O) groups excluding carboxylic acids is 1. The second-order valence-electron chi connectivity index (χ2n) is 3.90. The standard InChI is InChI=1S/C13H18F2N2O3/c1-3-20-6-4-5-16-13(18)17-9-7-10(14)12(19-2)11(15)8-9/h7-8H,3-6H2,1-2H3,(H2,16,17,18). The molecule has 2 N–H and O–H groups in total. The SMILES string of the molecule is CCOCCCNC(=O)Nc1cc(F)c(OC)c(F)c1. The second kappa shape index (κ2) is 8.31. The predicted octanol–water partition coefficient (Wildman–Crippen LogP) is 2.52. The fourth-order valence-corrected chi connectivity index (χ4v) is 1.52. The third-order valence-electron chi connectivity index (χ3n) is 2.42. The van der Waals surface area contributed by atoms with Gasteiger partial charge in [0.2, 0.25) is 0 Å². The molecule has 0 saturated heterocycles. The molecule has 5 nitrogen and oxygen atoms in total. The Balaban J connectivity index is 2.46. The van der Waals surface area contributed by atoms with Crippen molar-refractivity contribution in [3.8, 4) is 5.75 Å². The van der Waals surface area contributed by atoms with Crippen LogP contribution >= 0.6 is 0 Å². The molecule has 1 aromatic rings. The molecule has 0 aliphatic carbocycles. The van der Waals surface area contributed by atoms with Gasteiger partial charge >= 0.3 is 6.03 Å². The molecule has 0 aromatic heterocycles. The lowest BCUT2D eigenvalue weighted by atomic mass is 10.2. The van der Waals surface area contributed by atoms with Crippen molar-refractivity contribution >= 4 is 11.7 Å². The number of rotatable bonds is 7. The average molecular weight is 288 g/mol. The molecular weight excluding hydrogens is 270 g/mol. The summed E-state index contributed by atoms with van der Waals surface area (Å²) >= 11 is 0. The zero-order valence-electron chi connectivity index (χ0n) is 11.5. The second-order valence-corrected chi connectivity index (χ2v) is 3.90. The van der Waals surface area contributed by atoms with Gasteiger partial charge in [-0.05, 0) is 13.3 Å². The molecule has 0 unspecified atom stereocenters. The number of hydrogen-bond donors (Lipinski definition) is 2. The van der Waals surface area contributed by atoms with Crippen molar-refractivity contribution in [2.45, 2.75) is 13.3 Å². The van der Waals surface area contributed by atoms with Crippen molar-refractivity contribution in [3.05, 3.63) is 23.8 Å². The molecule has 0 fully saturated rings. The van der Waals surface area contributed by atoms with Gasteiger partial charge in [0, 0.05) is 37.6 Å². The zero-order valence-corrected chi connectivity index (χ0v) is 11.5. The number of amides is 2. The smallest absolute Gasteiger partial charge is 0.319 e. The number of carbonyl (C=O) groups is 1. The number of methoxy groups -OCH3 is 1. The van der Waals surface area contributed by atoms with Crippen LogP contribution in [0.25, 0.3) is 0 Å². The molecule has 0 bridgehead atoms. The molecule has 0 radical (unpaired) electrons. The summed E-state index contributed by atoms with van der Waals surface area (Å²) in [5, 5.41) is 4.89. The molecule has 2 amide bonds. The average Bonchev–Trinajstić information content (AvgIpc) is 2.38. The van der Waals surface area contributed by atoms with E-state index >= 15 is 0 Å². The summed E-state index contributed by atoms with van der Waals surface area (Å²) in [4.78, 5) is 11.5. The van der Waals surface area contributed by atoms with Gasteiger partial charge in [0.25, 0.3) is 0 Å². The van der Waals surface area contributed by atoms with Crippen LogP contribution in [0.3, 0.4) is 0 Å². The van der Waals surface area contributed by atoms with Crippen LogP contribution in [0.2, 0.25) is 0 Å². The number of urea groups is 1. The van der Waals surface area contributed by atoms with Gasteiger partial charge in [0.05, 0.1) is 7.11 Å². The monoisotopic (exact) mass is 288 g/mol. The summed E-state index contributed by atoms with van der Waals surface area (Å²) in [6.45, 7) is 3.46. The quantitative estimate of drug-likeness (QED) is 0.758. The molecule has 20 heavy (non-hydrogen) atoms. The van der Waals surface area contributed by atoms with Crippen LogP contribution in [0.5, 0.6) is 5.75 Å². The van der Waals surface area contributed by atoms with Crippen molar-refractivity contribution in [2.75, 3.05) is 32.2 Å². The molecule has 0 saturated carbocycles. The minimum Gasteiger partial charge on any atom is -0.491 e. The fourth-order valence-electron chi connectivity index (χ4n) is 1.52. The van der Waals surface area contributed by atoms with Gasteiger partial charge in [-0.3, -0.25) is 0 Å². The van der Waals surface area contributed by atoms with Gasteiger partial charge in [-0.15, -0.1) is 0 Å². The number of anilines is 1. The molecule has 112 valence electrons. The highest BCUT2D eigenvalue weighted by atomic mass is 19.1.